The Hall–Kier alpha value is -0.900. The van der Waals surface area contributed by atoms with Gasteiger partial charge in [-0.1, -0.05) is 0 Å². The maximum absolute atomic E-state index is 10.6. The van der Waals surface area contributed by atoms with Gasteiger partial charge in [-0.3, -0.25) is 0 Å². The predicted octanol–water partition coefficient (Wildman–Crippen LogP) is 1.58. The number of hydrogen-bond donors (Lipinski definition) is 2. The summed E-state index contributed by atoms with van der Waals surface area (Å²) in [6, 6.07) is 0. The number of aliphatic carboxylic acids is 1. The molecule has 3 rings (SSSR count). The topological polar surface area (TPSA) is 77.0 Å². The molecule has 0 aromatic carbocycles. The van der Waals surface area contributed by atoms with E-state index >= 15 is 0 Å². The van der Waals surface area contributed by atoms with Crippen LogP contribution in [0.3, 0.4) is 0 Å². The Bertz CT molecular complexity index is 408. The van der Waals surface area contributed by atoms with E-state index in [4.69, 9.17) is 24.1 Å². The molecule has 0 aliphatic carbocycles. The Balaban J connectivity index is 0.000000256. The third-order valence-corrected chi connectivity index (χ3v) is 4.49. The van der Waals surface area contributed by atoms with Crippen molar-refractivity contribution < 1.29 is 37.3 Å². The van der Waals surface area contributed by atoms with Crippen LogP contribution >= 0.6 is 0 Å². The van der Waals surface area contributed by atoms with Crippen LogP contribution in [0, 0.1) is 5.92 Å². The van der Waals surface area contributed by atoms with Crippen LogP contribution in [0.1, 0.15) is 25.7 Å². The van der Waals surface area contributed by atoms with Crippen molar-refractivity contribution in [3.8, 4) is 0 Å². The molecule has 0 radical (unpaired) electrons. The molecule has 1 atom stereocenters. The van der Waals surface area contributed by atoms with Crippen LogP contribution in [-0.4, -0.2) is 68.5 Å². The Morgan fingerprint density at radius 2 is 1.83 bits per heavy atom. The number of carboxylic acid groups (broad SMARTS) is 1. The molecule has 24 heavy (non-hydrogen) atoms. The molecule has 0 bridgehead atoms. The highest BCUT2D eigenvalue weighted by molar-refractivity contribution is 5.73. The number of ether oxygens (including phenoxy) is 3. The van der Waals surface area contributed by atoms with Crippen molar-refractivity contribution in [3.63, 3.8) is 0 Å². The van der Waals surface area contributed by atoms with Gasteiger partial charge < -0.3 is 24.6 Å². The summed E-state index contributed by atoms with van der Waals surface area (Å²) in [4.78, 5) is 8.90. The van der Waals surface area contributed by atoms with Crippen LogP contribution in [0.5, 0.6) is 0 Å². The van der Waals surface area contributed by atoms with Gasteiger partial charge in [0.25, 0.3) is 0 Å². The highest BCUT2D eigenvalue weighted by Gasteiger charge is 2.43. The molecule has 140 valence electrons. The van der Waals surface area contributed by atoms with E-state index in [0.29, 0.717) is 12.0 Å². The minimum Gasteiger partial charge on any atom is -0.475 e. The summed E-state index contributed by atoms with van der Waals surface area (Å²) >= 11 is 0. The van der Waals surface area contributed by atoms with Gasteiger partial charge in [-0.15, -0.1) is 0 Å². The fourth-order valence-electron chi connectivity index (χ4n) is 2.96. The fraction of sp³-hybridized carbons (Fsp3) is 0.933. The second-order valence-electron chi connectivity index (χ2n) is 6.44. The Morgan fingerprint density at radius 3 is 2.33 bits per heavy atom. The third-order valence-electron chi connectivity index (χ3n) is 4.49. The van der Waals surface area contributed by atoms with Gasteiger partial charge in [0, 0.05) is 45.9 Å². The van der Waals surface area contributed by atoms with E-state index in [2.05, 4.69) is 5.32 Å². The van der Waals surface area contributed by atoms with Crippen molar-refractivity contribution in [2.75, 3.05) is 39.5 Å². The standard InChI is InChI=1S/C13H23NO3.C2HF3O2/c1-4-15-5-2-11(1)8-16-12-3-6-17-13(7-12)9-14-10-13;3-2(4,5)1(6)7/h11-12,14H,1-10H2;(H,6,7). The van der Waals surface area contributed by atoms with Crippen LogP contribution in [0.25, 0.3) is 0 Å². The molecule has 0 aromatic rings. The number of nitrogens with one attached hydrogen (secondary N) is 1. The summed E-state index contributed by atoms with van der Waals surface area (Å²) in [5, 5.41) is 10.4. The summed E-state index contributed by atoms with van der Waals surface area (Å²) in [7, 11) is 0. The second-order valence-corrected chi connectivity index (χ2v) is 6.44. The van der Waals surface area contributed by atoms with Gasteiger partial charge in [0.2, 0.25) is 0 Å². The van der Waals surface area contributed by atoms with Gasteiger partial charge in [0.15, 0.2) is 0 Å². The summed E-state index contributed by atoms with van der Waals surface area (Å²) in [6.45, 7) is 5.61. The molecule has 3 saturated heterocycles. The highest BCUT2D eigenvalue weighted by atomic mass is 19.4. The summed E-state index contributed by atoms with van der Waals surface area (Å²) in [5.74, 6) is -2.05. The first-order valence-corrected chi connectivity index (χ1v) is 8.15. The van der Waals surface area contributed by atoms with Crippen LogP contribution < -0.4 is 5.32 Å². The second kappa shape index (κ2) is 8.46. The minimum atomic E-state index is -5.08. The number of hydrogen-bond acceptors (Lipinski definition) is 5. The van der Waals surface area contributed by atoms with E-state index in [9.17, 15) is 13.2 Å². The molecular weight excluding hydrogens is 331 g/mol. The molecule has 1 spiro atoms. The van der Waals surface area contributed by atoms with Crippen molar-refractivity contribution in [3.05, 3.63) is 0 Å². The largest absolute Gasteiger partial charge is 0.490 e. The molecule has 9 heteroatoms. The zero-order chi connectivity index (χ0) is 17.6. The van der Waals surface area contributed by atoms with E-state index in [-0.39, 0.29) is 5.60 Å². The summed E-state index contributed by atoms with van der Waals surface area (Å²) in [6.07, 6.45) is -0.214. The van der Waals surface area contributed by atoms with Crippen molar-refractivity contribution in [1.29, 1.82) is 0 Å². The average molecular weight is 355 g/mol. The number of halogens is 3. The van der Waals surface area contributed by atoms with Gasteiger partial charge in [-0.2, -0.15) is 13.2 Å². The Morgan fingerprint density at radius 1 is 1.21 bits per heavy atom. The van der Waals surface area contributed by atoms with Gasteiger partial charge in [0.1, 0.15) is 0 Å². The zero-order valence-corrected chi connectivity index (χ0v) is 13.4. The molecule has 3 heterocycles. The highest BCUT2D eigenvalue weighted by Crippen LogP contribution is 2.30. The van der Waals surface area contributed by atoms with E-state index in [1.165, 1.54) is 0 Å². The molecule has 2 N–H and O–H groups in total. The van der Waals surface area contributed by atoms with E-state index in [1.54, 1.807) is 0 Å². The molecule has 0 amide bonds. The lowest BCUT2D eigenvalue weighted by molar-refractivity contribution is -0.192. The lowest BCUT2D eigenvalue weighted by atomic mass is 9.86. The number of rotatable bonds is 3. The molecule has 0 aromatic heterocycles. The first kappa shape index (κ1) is 19.4. The monoisotopic (exact) mass is 355 g/mol. The van der Waals surface area contributed by atoms with Crippen LogP contribution in [0.4, 0.5) is 13.2 Å². The first-order valence-electron chi connectivity index (χ1n) is 8.15. The maximum Gasteiger partial charge on any atom is 0.490 e. The van der Waals surface area contributed by atoms with Crippen LogP contribution in [0.15, 0.2) is 0 Å². The van der Waals surface area contributed by atoms with Crippen LogP contribution in [-0.2, 0) is 19.0 Å². The summed E-state index contributed by atoms with van der Waals surface area (Å²) < 4.78 is 49.1. The van der Waals surface area contributed by atoms with Crippen molar-refractivity contribution in [2.45, 2.75) is 43.6 Å². The lowest BCUT2D eigenvalue weighted by Crippen LogP contribution is -2.64. The number of carboxylic acids is 1. The summed E-state index contributed by atoms with van der Waals surface area (Å²) in [5.41, 5.74) is 0.110. The molecule has 6 nitrogen and oxygen atoms in total. The average Bonchev–Trinajstić information content (AvgIpc) is 2.52. The zero-order valence-electron chi connectivity index (χ0n) is 13.4. The quantitative estimate of drug-likeness (QED) is 0.801. The lowest BCUT2D eigenvalue weighted by Gasteiger charge is -2.47. The van der Waals surface area contributed by atoms with Gasteiger partial charge in [-0.25, -0.2) is 4.79 Å². The molecule has 1 unspecified atom stereocenters. The predicted molar refractivity (Wildman–Crippen MR) is 77.8 cm³/mol. The Kier molecular flexibility index (Phi) is 6.85. The molecule has 3 aliphatic rings. The van der Waals surface area contributed by atoms with Gasteiger partial charge >= 0.3 is 12.1 Å². The number of alkyl halides is 3. The first-order chi connectivity index (χ1) is 11.3. The SMILES string of the molecule is C1CC(COC2CCOC3(CNC3)C2)CCO1.O=C(O)C(F)(F)F. The minimum absolute atomic E-state index is 0.110. The molecular formula is C15H24F3NO5. The normalized spacial score (nSPS) is 27.0. The van der Waals surface area contributed by atoms with Crippen molar-refractivity contribution in [2.24, 2.45) is 5.92 Å². The third kappa shape index (κ3) is 5.87. The van der Waals surface area contributed by atoms with Gasteiger partial charge in [-0.05, 0) is 25.2 Å². The van der Waals surface area contributed by atoms with Crippen LogP contribution in [0.2, 0.25) is 0 Å². The molecule has 3 aliphatic heterocycles. The van der Waals surface area contributed by atoms with E-state index in [1.807, 2.05) is 0 Å². The van der Waals surface area contributed by atoms with E-state index in [0.717, 1.165) is 65.2 Å². The molecule has 0 saturated carbocycles. The van der Waals surface area contributed by atoms with Crippen molar-refractivity contribution in [1.82, 2.24) is 5.32 Å². The van der Waals surface area contributed by atoms with Gasteiger partial charge in [0.05, 0.1) is 11.7 Å². The Labute approximate surface area is 138 Å². The number of carbonyl (C=O) groups is 1. The smallest absolute Gasteiger partial charge is 0.475 e. The van der Waals surface area contributed by atoms with E-state index < -0.39 is 12.1 Å². The van der Waals surface area contributed by atoms with Crippen molar-refractivity contribution >= 4 is 5.97 Å². The maximum atomic E-state index is 10.6. The molecule has 3 fully saturated rings. The fourth-order valence-corrected chi connectivity index (χ4v) is 2.96.